The zero-order chi connectivity index (χ0) is 13.9. The molecule has 2 heterocycles. The number of rotatable bonds is 4. The minimum atomic E-state index is -0.294. The molecule has 0 radical (unpaired) electrons. The molecule has 0 bridgehead atoms. The normalized spacial score (nSPS) is 12.7. The van der Waals surface area contributed by atoms with Gasteiger partial charge in [0.25, 0.3) is 0 Å². The van der Waals surface area contributed by atoms with E-state index in [-0.39, 0.29) is 11.9 Å². The van der Waals surface area contributed by atoms with Gasteiger partial charge in [-0.05, 0) is 47.5 Å². The summed E-state index contributed by atoms with van der Waals surface area (Å²) in [5.74, 6) is -0.294. The van der Waals surface area contributed by atoms with Gasteiger partial charge in [-0.3, -0.25) is 4.98 Å². The van der Waals surface area contributed by atoms with Crippen LogP contribution in [-0.2, 0) is 6.42 Å². The molecule has 3 rings (SSSR count). The number of benzene rings is 1. The van der Waals surface area contributed by atoms with Gasteiger partial charge in [-0.15, -0.1) is 11.3 Å². The number of aromatic nitrogens is 1. The summed E-state index contributed by atoms with van der Waals surface area (Å²) in [5.41, 5.74) is 2.16. The number of halogens is 1. The maximum atomic E-state index is 13.3. The lowest BCUT2D eigenvalue weighted by Crippen LogP contribution is -2.19. The van der Waals surface area contributed by atoms with Crippen molar-refractivity contribution >= 4 is 21.4 Å². The number of fused-ring (bicyclic) bond motifs is 1. The van der Waals surface area contributed by atoms with Crippen LogP contribution >= 0.6 is 11.3 Å². The van der Waals surface area contributed by atoms with E-state index in [4.69, 9.17) is 0 Å². The summed E-state index contributed by atoms with van der Waals surface area (Å²) in [5, 5.41) is 6.71. The van der Waals surface area contributed by atoms with Crippen LogP contribution in [0.3, 0.4) is 0 Å². The Balaban J connectivity index is 1.92. The molecule has 0 saturated heterocycles. The second-order valence-electron chi connectivity index (χ2n) is 4.74. The molecule has 20 heavy (non-hydrogen) atoms. The van der Waals surface area contributed by atoms with Gasteiger partial charge in [-0.1, -0.05) is 18.2 Å². The second kappa shape index (κ2) is 5.69. The van der Waals surface area contributed by atoms with Gasteiger partial charge in [0.05, 0.1) is 6.20 Å². The van der Waals surface area contributed by atoms with Crippen molar-refractivity contribution in [1.82, 2.24) is 10.3 Å². The number of thiophene rings is 1. The van der Waals surface area contributed by atoms with Gasteiger partial charge in [0.15, 0.2) is 0 Å². The van der Waals surface area contributed by atoms with Gasteiger partial charge in [-0.25, -0.2) is 4.39 Å². The summed E-state index contributed by atoms with van der Waals surface area (Å²) in [7, 11) is 1.89. The van der Waals surface area contributed by atoms with Crippen LogP contribution in [0.5, 0.6) is 0 Å². The molecule has 0 aliphatic rings. The monoisotopic (exact) mass is 286 g/mol. The number of hydrogen-bond acceptors (Lipinski definition) is 3. The summed E-state index contributed by atoms with van der Waals surface area (Å²) >= 11 is 1.75. The zero-order valence-electron chi connectivity index (χ0n) is 11.1. The van der Waals surface area contributed by atoms with E-state index in [0.29, 0.717) is 0 Å². The lowest BCUT2D eigenvalue weighted by molar-refractivity contribution is 0.573. The Hall–Kier alpha value is -1.78. The van der Waals surface area contributed by atoms with Crippen LogP contribution < -0.4 is 5.32 Å². The molecule has 102 valence electrons. The van der Waals surface area contributed by atoms with Crippen molar-refractivity contribution in [1.29, 1.82) is 0 Å². The van der Waals surface area contributed by atoms with Crippen LogP contribution in [0.15, 0.2) is 48.1 Å². The first kappa shape index (κ1) is 13.2. The van der Waals surface area contributed by atoms with Crippen molar-refractivity contribution in [2.24, 2.45) is 0 Å². The van der Waals surface area contributed by atoms with Crippen molar-refractivity contribution in [3.8, 4) is 0 Å². The molecule has 2 nitrogen and oxygen atoms in total. The summed E-state index contributed by atoms with van der Waals surface area (Å²) in [6.45, 7) is 0. The van der Waals surface area contributed by atoms with E-state index in [1.54, 1.807) is 23.6 Å². The topological polar surface area (TPSA) is 24.9 Å². The van der Waals surface area contributed by atoms with Gasteiger partial charge >= 0.3 is 0 Å². The maximum absolute atomic E-state index is 13.3. The molecule has 0 aliphatic carbocycles. The van der Waals surface area contributed by atoms with Crippen LogP contribution in [0, 0.1) is 5.82 Å². The number of pyridine rings is 1. The molecular weight excluding hydrogens is 271 g/mol. The van der Waals surface area contributed by atoms with Crippen LogP contribution in [0.25, 0.3) is 10.1 Å². The third kappa shape index (κ3) is 2.57. The Labute approximate surface area is 121 Å². The number of hydrogen-bond donors (Lipinski definition) is 1. The Kier molecular flexibility index (Phi) is 3.76. The molecule has 1 N–H and O–H groups in total. The molecule has 0 spiro atoms. The van der Waals surface area contributed by atoms with E-state index in [2.05, 4.69) is 39.9 Å². The predicted octanol–water partition coefficient (Wildman–Crippen LogP) is 3.94. The van der Waals surface area contributed by atoms with Crippen molar-refractivity contribution < 1.29 is 4.39 Å². The third-order valence-electron chi connectivity index (χ3n) is 3.46. The minimum absolute atomic E-state index is 0.0659. The van der Waals surface area contributed by atoms with Crippen molar-refractivity contribution in [2.45, 2.75) is 12.5 Å². The second-order valence-corrected chi connectivity index (χ2v) is 5.65. The minimum Gasteiger partial charge on any atom is -0.313 e. The molecule has 4 heteroatoms. The number of nitrogens with one attached hydrogen (secondary N) is 1. The Morgan fingerprint density at radius 3 is 2.95 bits per heavy atom. The van der Waals surface area contributed by atoms with Gasteiger partial charge < -0.3 is 5.32 Å². The van der Waals surface area contributed by atoms with Crippen LogP contribution in [0.1, 0.15) is 17.2 Å². The first-order chi connectivity index (χ1) is 9.78. The fourth-order valence-electron chi connectivity index (χ4n) is 2.42. The summed E-state index contributed by atoms with van der Waals surface area (Å²) in [6, 6.07) is 9.98. The fourth-order valence-corrected chi connectivity index (χ4v) is 3.39. The fraction of sp³-hybridized carbons (Fsp3) is 0.188. The van der Waals surface area contributed by atoms with Crippen LogP contribution in [-0.4, -0.2) is 12.0 Å². The molecule has 1 unspecified atom stereocenters. The molecule has 1 atom stereocenters. The van der Waals surface area contributed by atoms with Gasteiger partial charge in [0, 0.05) is 16.9 Å². The average molecular weight is 286 g/mol. The molecule has 0 aliphatic heterocycles. The van der Waals surface area contributed by atoms with E-state index >= 15 is 0 Å². The summed E-state index contributed by atoms with van der Waals surface area (Å²) in [6.07, 6.45) is 3.78. The Bertz CT molecular complexity index is 723. The molecule has 2 aromatic heterocycles. The highest BCUT2D eigenvalue weighted by Gasteiger charge is 2.14. The van der Waals surface area contributed by atoms with Crippen molar-refractivity contribution in [2.75, 3.05) is 7.05 Å². The van der Waals surface area contributed by atoms with Crippen molar-refractivity contribution in [3.05, 3.63) is 65.0 Å². The highest BCUT2D eigenvalue weighted by molar-refractivity contribution is 7.17. The van der Waals surface area contributed by atoms with E-state index < -0.39 is 0 Å². The highest BCUT2D eigenvalue weighted by Crippen LogP contribution is 2.29. The molecular formula is C16H15FN2S. The summed E-state index contributed by atoms with van der Waals surface area (Å²) in [4.78, 5) is 3.93. The predicted molar refractivity (Wildman–Crippen MR) is 81.5 cm³/mol. The molecule has 0 fully saturated rings. The maximum Gasteiger partial charge on any atom is 0.141 e. The summed E-state index contributed by atoms with van der Waals surface area (Å²) < 4.78 is 14.6. The lowest BCUT2D eigenvalue weighted by atomic mass is 10.00. The van der Waals surface area contributed by atoms with Gasteiger partial charge in [-0.2, -0.15) is 0 Å². The van der Waals surface area contributed by atoms with Gasteiger partial charge in [0.2, 0.25) is 0 Å². The molecule has 3 aromatic rings. The van der Waals surface area contributed by atoms with E-state index in [9.17, 15) is 4.39 Å². The van der Waals surface area contributed by atoms with Crippen molar-refractivity contribution in [3.63, 3.8) is 0 Å². The first-order valence-electron chi connectivity index (χ1n) is 6.51. The smallest absolute Gasteiger partial charge is 0.141 e. The van der Waals surface area contributed by atoms with E-state index in [1.165, 1.54) is 21.8 Å². The standard InChI is InChI=1S/C16H15FN2S/c1-18-15(11-6-13(17)9-19-8-11)7-12-10-20-16-5-3-2-4-14(12)16/h2-6,8-10,15,18H,7H2,1H3. The van der Waals surface area contributed by atoms with Crippen LogP contribution in [0.4, 0.5) is 4.39 Å². The molecule has 0 saturated carbocycles. The average Bonchev–Trinajstić information content (AvgIpc) is 2.88. The van der Waals surface area contributed by atoms with Crippen LogP contribution in [0.2, 0.25) is 0 Å². The zero-order valence-corrected chi connectivity index (χ0v) is 12.0. The SMILES string of the molecule is CNC(Cc1csc2ccccc12)c1cncc(F)c1. The highest BCUT2D eigenvalue weighted by atomic mass is 32.1. The number of likely N-dealkylation sites (N-methyl/N-ethyl adjacent to an activating group) is 1. The Morgan fingerprint density at radius 1 is 1.30 bits per heavy atom. The first-order valence-corrected chi connectivity index (χ1v) is 7.38. The van der Waals surface area contributed by atoms with Gasteiger partial charge in [0.1, 0.15) is 5.82 Å². The molecule has 1 aromatic carbocycles. The number of nitrogens with zero attached hydrogens (tertiary/aromatic N) is 1. The van der Waals surface area contributed by atoms with E-state index in [0.717, 1.165) is 12.0 Å². The quantitative estimate of drug-likeness (QED) is 0.786. The Morgan fingerprint density at radius 2 is 2.15 bits per heavy atom. The van der Waals surface area contributed by atoms with E-state index in [1.807, 2.05) is 7.05 Å². The lowest BCUT2D eigenvalue weighted by Gasteiger charge is -2.16. The molecule has 0 amide bonds. The third-order valence-corrected chi connectivity index (χ3v) is 4.47. The largest absolute Gasteiger partial charge is 0.313 e.